The van der Waals surface area contributed by atoms with Gasteiger partial charge in [-0.2, -0.15) is 11.8 Å². The lowest BCUT2D eigenvalue weighted by Crippen LogP contribution is -2.26. The standard InChI is InChI=1S/C16H24N2OS/c1-12(20-3)11-17-13(2)14-6-8-15(9-7-14)18-10-4-5-16(18)19/h6-9,12-13,17H,4-5,10-11H2,1-3H3. The van der Waals surface area contributed by atoms with Gasteiger partial charge in [0.2, 0.25) is 5.91 Å². The van der Waals surface area contributed by atoms with Crippen molar-refractivity contribution in [2.45, 2.75) is 38.0 Å². The van der Waals surface area contributed by atoms with E-state index in [9.17, 15) is 4.79 Å². The molecular formula is C16H24N2OS. The third kappa shape index (κ3) is 3.76. The normalized spacial score (nSPS) is 18.4. The minimum atomic E-state index is 0.248. The molecule has 1 fully saturated rings. The summed E-state index contributed by atoms with van der Waals surface area (Å²) < 4.78 is 0. The number of thioether (sulfide) groups is 1. The maximum atomic E-state index is 11.7. The zero-order valence-electron chi connectivity index (χ0n) is 12.6. The Morgan fingerprint density at radius 2 is 2.00 bits per heavy atom. The SMILES string of the molecule is CSC(C)CNC(C)c1ccc(N2CCCC2=O)cc1. The Morgan fingerprint density at radius 3 is 2.55 bits per heavy atom. The second kappa shape index (κ2) is 7.14. The van der Waals surface area contributed by atoms with Gasteiger partial charge in [0.15, 0.2) is 0 Å². The second-order valence-electron chi connectivity index (χ2n) is 5.42. The van der Waals surface area contributed by atoms with Crippen molar-refractivity contribution in [2.24, 2.45) is 0 Å². The molecule has 1 saturated heterocycles. The first kappa shape index (κ1) is 15.4. The predicted octanol–water partition coefficient (Wildman–Crippen LogP) is 3.22. The molecule has 2 rings (SSSR count). The van der Waals surface area contributed by atoms with Gasteiger partial charge in [-0.05, 0) is 37.3 Å². The molecule has 0 bridgehead atoms. The number of nitrogens with one attached hydrogen (secondary N) is 1. The van der Waals surface area contributed by atoms with E-state index in [1.165, 1.54) is 5.56 Å². The molecule has 0 aliphatic carbocycles. The molecule has 0 radical (unpaired) electrons. The van der Waals surface area contributed by atoms with Gasteiger partial charge in [-0.3, -0.25) is 4.79 Å². The zero-order valence-corrected chi connectivity index (χ0v) is 13.4. The van der Waals surface area contributed by atoms with E-state index < -0.39 is 0 Å². The fourth-order valence-electron chi connectivity index (χ4n) is 2.41. The summed E-state index contributed by atoms with van der Waals surface area (Å²) in [6.07, 6.45) is 3.80. The van der Waals surface area contributed by atoms with Crippen molar-refractivity contribution >= 4 is 23.4 Å². The molecule has 0 saturated carbocycles. The molecule has 110 valence electrons. The molecule has 0 spiro atoms. The van der Waals surface area contributed by atoms with Gasteiger partial charge in [0.05, 0.1) is 0 Å². The predicted molar refractivity (Wildman–Crippen MR) is 87.4 cm³/mol. The number of rotatable bonds is 6. The van der Waals surface area contributed by atoms with Gasteiger partial charge in [-0.25, -0.2) is 0 Å². The molecule has 1 aliphatic heterocycles. The highest BCUT2D eigenvalue weighted by Crippen LogP contribution is 2.23. The smallest absolute Gasteiger partial charge is 0.227 e. The van der Waals surface area contributed by atoms with Crippen LogP contribution in [0.2, 0.25) is 0 Å². The third-order valence-corrected chi connectivity index (χ3v) is 4.86. The minimum Gasteiger partial charge on any atom is -0.312 e. The maximum Gasteiger partial charge on any atom is 0.227 e. The van der Waals surface area contributed by atoms with Crippen LogP contribution in [-0.2, 0) is 4.79 Å². The first-order valence-electron chi connectivity index (χ1n) is 7.28. The summed E-state index contributed by atoms with van der Waals surface area (Å²) in [5.74, 6) is 0.248. The molecule has 3 nitrogen and oxygen atoms in total. The summed E-state index contributed by atoms with van der Waals surface area (Å²) in [6, 6.07) is 8.72. The first-order chi connectivity index (χ1) is 9.61. The molecule has 1 amide bonds. The fourth-order valence-corrected chi connectivity index (χ4v) is 2.67. The second-order valence-corrected chi connectivity index (χ2v) is 6.69. The van der Waals surface area contributed by atoms with Gasteiger partial charge in [-0.1, -0.05) is 19.1 Å². The summed E-state index contributed by atoms with van der Waals surface area (Å²) in [7, 11) is 0. The zero-order chi connectivity index (χ0) is 14.5. The van der Waals surface area contributed by atoms with E-state index in [1.54, 1.807) is 0 Å². The minimum absolute atomic E-state index is 0.248. The van der Waals surface area contributed by atoms with E-state index in [0.29, 0.717) is 17.7 Å². The van der Waals surface area contributed by atoms with Crippen molar-refractivity contribution in [3.05, 3.63) is 29.8 Å². The molecular weight excluding hydrogens is 268 g/mol. The first-order valence-corrected chi connectivity index (χ1v) is 8.57. The summed E-state index contributed by atoms with van der Waals surface area (Å²) in [5, 5.41) is 4.17. The molecule has 20 heavy (non-hydrogen) atoms. The van der Waals surface area contributed by atoms with Gasteiger partial charge in [-0.15, -0.1) is 0 Å². The van der Waals surface area contributed by atoms with Crippen LogP contribution in [-0.4, -0.2) is 30.5 Å². The lowest BCUT2D eigenvalue weighted by atomic mass is 10.1. The molecule has 1 N–H and O–H groups in total. The average Bonchev–Trinajstić information content (AvgIpc) is 2.90. The molecule has 2 unspecified atom stereocenters. The quantitative estimate of drug-likeness (QED) is 0.874. The third-order valence-electron chi connectivity index (χ3n) is 3.89. The van der Waals surface area contributed by atoms with E-state index in [1.807, 2.05) is 16.7 Å². The molecule has 1 aromatic rings. The monoisotopic (exact) mass is 292 g/mol. The van der Waals surface area contributed by atoms with Crippen LogP contribution in [0.25, 0.3) is 0 Å². The van der Waals surface area contributed by atoms with Crippen molar-refractivity contribution < 1.29 is 4.79 Å². The molecule has 1 aromatic carbocycles. The maximum absolute atomic E-state index is 11.7. The van der Waals surface area contributed by atoms with Crippen molar-refractivity contribution in [1.82, 2.24) is 5.32 Å². The van der Waals surface area contributed by atoms with E-state index in [2.05, 4.69) is 49.7 Å². The molecule has 1 aliphatic rings. The van der Waals surface area contributed by atoms with Crippen LogP contribution < -0.4 is 10.2 Å². The molecule has 2 atom stereocenters. The highest BCUT2D eigenvalue weighted by molar-refractivity contribution is 7.99. The van der Waals surface area contributed by atoms with Gasteiger partial charge in [0, 0.05) is 36.5 Å². The van der Waals surface area contributed by atoms with Gasteiger partial charge < -0.3 is 10.2 Å². The Hall–Kier alpha value is -1.00. The Labute approximate surface area is 126 Å². The number of nitrogens with zero attached hydrogens (tertiary/aromatic N) is 1. The van der Waals surface area contributed by atoms with E-state index in [-0.39, 0.29) is 5.91 Å². The Bertz CT molecular complexity index is 446. The fraction of sp³-hybridized carbons (Fsp3) is 0.562. The lowest BCUT2D eigenvalue weighted by molar-refractivity contribution is -0.117. The van der Waals surface area contributed by atoms with Crippen LogP contribution >= 0.6 is 11.8 Å². The van der Waals surface area contributed by atoms with E-state index >= 15 is 0 Å². The number of carbonyl (C=O) groups excluding carboxylic acids is 1. The number of anilines is 1. The van der Waals surface area contributed by atoms with Crippen LogP contribution in [0, 0.1) is 0 Å². The van der Waals surface area contributed by atoms with Crippen molar-refractivity contribution in [3.63, 3.8) is 0 Å². The Morgan fingerprint density at radius 1 is 1.30 bits per heavy atom. The van der Waals surface area contributed by atoms with Crippen molar-refractivity contribution in [1.29, 1.82) is 0 Å². The van der Waals surface area contributed by atoms with Crippen LogP contribution in [0.5, 0.6) is 0 Å². The highest BCUT2D eigenvalue weighted by Gasteiger charge is 2.21. The summed E-state index contributed by atoms with van der Waals surface area (Å²) in [6.45, 7) is 6.28. The number of hydrogen-bond donors (Lipinski definition) is 1. The van der Waals surface area contributed by atoms with Crippen LogP contribution in [0.4, 0.5) is 5.69 Å². The van der Waals surface area contributed by atoms with Crippen LogP contribution in [0.15, 0.2) is 24.3 Å². The molecule has 1 heterocycles. The highest BCUT2D eigenvalue weighted by atomic mass is 32.2. The number of hydrogen-bond acceptors (Lipinski definition) is 3. The van der Waals surface area contributed by atoms with Gasteiger partial charge in [0.25, 0.3) is 0 Å². The average molecular weight is 292 g/mol. The van der Waals surface area contributed by atoms with E-state index in [4.69, 9.17) is 0 Å². The summed E-state index contributed by atoms with van der Waals surface area (Å²) >= 11 is 1.87. The molecule has 4 heteroatoms. The van der Waals surface area contributed by atoms with Crippen LogP contribution in [0.3, 0.4) is 0 Å². The molecule has 0 aromatic heterocycles. The summed E-state index contributed by atoms with van der Waals surface area (Å²) in [4.78, 5) is 13.6. The van der Waals surface area contributed by atoms with Crippen molar-refractivity contribution in [2.75, 3.05) is 24.2 Å². The Balaban J connectivity index is 1.95. The lowest BCUT2D eigenvalue weighted by Gasteiger charge is -2.19. The summed E-state index contributed by atoms with van der Waals surface area (Å²) in [5.41, 5.74) is 2.30. The largest absolute Gasteiger partial charge is 0.312 e. The number of amides is 1. The Kier molecular flexibility index (Phi) is 5.49. The number of benzene rings is 1. The van der Waals surface area contributed by atoms with Gasteiger partial charge in [0.1, 0.15) is 0 Å². The van der Waals surface area contributed by atoms with Crippen molar-refractivity contribution in [3.8, 4) is 0 Å². The van der Waals surface area contributed by atoms with Gasteiger partial charge >= 0.3 is 0 Å². The number of carbonyl (C=O) groups is 1. The van der Waals surface area contributed by atoms with E-state index in [0.717, 1.165) is 25.2 Å². The van der Waals surface area contributed by atoms with Crippen LogP contribution in [0.1, 0.15) is 38.3 Å². The topological polar surface area (TPSA) is 32.3 Å².